The minimum atomic E-state index is -0.392. The fourth-order valence-electron chi connectivity index (χ4n) is 3.08. The van der Waals surface area contributed by atoms with Gasteiger partial charge in [-0.3, -0.25) is 0 Å². The maximum absolute atomic E-state index is 11.8. The molecule has 0 radical (unpaired) electrons. The Bertz CT molecular complexity index is 313. The minimum Gasteiger partial charge on any atom is -0.444 e. The van der Waals surface area contributed by atoms with Crippen molar-refractivity contribution >= 4 is 6.09 Å². The van der Waals surface area contributed by atoms with Crippen molar-refractivity contribution < 1.29 is 9.53 Å². The van der Waals surface area contributed by atoms with E-state index in [9.17, 15) is 4.79 Å². The van der Waals surface area contributed by atoms with Crippen LogP contribution in [0.2, 0.25) is 0 Å². The largest absolute Gasteiger partial charge is 0.444 e. The zero-order valence-corrected chi connectivity index (χ0v) is 13.3. The molecule has 4 nitrogen and oxygen atoms in total. The fourth-order valence-corrected chi connectivity index (χ4v) is 3.08. The summed E-state index contributed by atoms with van der Waals surface area (Å²) in [4.78, 5) is 13.5. The number of ether oxygens (including phenoxy) is 1. The van der Waals surface area contributed by atoms with Gasteiger partial charge in [0.15, 0.2) is 0 Å². The molecule has 0 spiro atoms. The number of carbonyl (C=O) groups excluding carboxylic acids is 1. The lowest BCUT2D eigenvalue weighted by Crippen LogP contribution is -2.60. The van der Waals surface area contributed by atoms with Crippen molar-refractivity contribution in [1.29, 1.82) is 0 Å². The van der Waals surface area contributed by atoms with Gasteiger partial charge >= 0.3 is 6.09 Å². The van der Waals surface area contributed by atoms with Gasteiger partial charge in [-0.2, -0.15) is 0 Å². The molecule has 2 fully saturated rings. The Hall–Kier alpha value is -0.770. The Balaban J connectivity index is 1.50. The van der Waals surface area contributed by atoms with Gasteiger partial charge in [-0.15, -0.1) is 0 Å². The SMILES string of the molecule is CC(C)(C)OC(=O)N1CC(NCCCC2CCCC2)C1. The van der Waals surface area contributed by atoms with Crippen LogP contribution in [0.4, 0.5) is 4.79 Å². The highest BCUT2D eigenvalue weighted by Crippen LogP contribution is 2.28. The van der Waals surface area contributed by atoms with Gasteiger partial charge in [-0.05, 0) is 46.1 Å². The third-order valence-corrected chi connectivity index (χ3v) is 4.23. The molecule has 0 aromatic heterocycles. The maximum atomic E-state index is 11.8. The summed E-state index contributed by atoms with van der Waals surface area (Å²) in [6.07, 6.45) is 8.22. The average Bonchev–Trinajstić information content (AvgIpc) is 2.76. The first-order chi connectivity index (χ1) is 9.44. The molecular weight excluding hydrogens is 252 g/mol. The molecule has 0 bridgehead atoms. The quantitative estimate of drug-likeness (QED) is 0.788. The summed E-state index contributed by atoms with van der Waals surface area (Å²) in [5, 5.41) is 3.54. The summed E-state index contributed by atoms with van der Waals surface area (Å²) >= 11 is 0. The second kappa shape index (κ2) is 6.79. The van der Waals surface area contributed by atoms with E-state index >= 15 is 0 Å². The van der Waals surface area contributed by atoms with Crippen molar-refractivity contribution in [2.75, 3.05) is 19.6 Å². The zero-order valence-electron chi connectivity index (χ0n) is 13.3. The number of likely N-dealkylation sites (tertiary alicyclic amines) is 1. The highest BCUT2D eigenvalue weighted by atomic mass is 16.6. The molecule has 0 atom stereocenters. The minimum absolute atomic E-state index is 0.179. The van der Waals surface area contributed by atoms with Crippen molar-refractivity contribution in [3.8, 4) is 0 Å². The molecule has 2 aliphatic rings. The topological polar surface area (TPSA) is 41.6 Å². The van der Waals surface area contributed by atoms with Crippen LogP contribution in [0.1, 0.15) is 59.3 Å². The summed E-state index contributed by atoms with van der Waals surface area (Å²) in [7, 11) is 0. The zero-order chi connectivity index (χ0) is 14.6. The Kier molecular flexibility index (Phi) is 5.30. The average molecular weight is 282 g/mol. The molecule has 116 valence electrons. The first kappa shape index (κ1) is 15.6. The lowest BCUT2D eigenvalue weighted by atomic mass is 10.0. The van der Waals surface area contributed by atoms with E-state index in [0.29, 0.717) is 6.04 Å². The monoisotopic (exact) mass is 282 g/mol. The third kappa shape index (κ3) is 4.97. The number of rotatable bonds is 5. The Labute approximate surface area is 123 Å². The molecule has 1 N–H and O–H groups in total. The van der Waals surface area contributed by atoms with Crippen LogP contribution in [-0.4, -0.2) is 42.3 Å². The molecule has 20 heavy (non-hydrogen) atoms. The molecule has 0 unspecified atom stereocenters. The maximum Gasteiger partial charge on any atom is 0.410 e. The number of nitrogens with zero attached hydrogens (tertiary/aromatic N) is 1. The predicted molar refractivity (Wildman–Crippen MR) is 80.8 cm³/mol. The molecule has 0 aromatic carbocycles. The van der Waals surface area contributed by atoms with Crippen LogP contribution < -0.4 is 5.32 Å². The molecule has 2 rings (SSSR count). The van der Waals surface area contributed by atoms with Crippen molar-refractivity contribution in [1.82, 2.24) is 10.2 Å². The molecule has 0 aromatic rings. The highest BCUT2D eigenvalue weighted by Gasteiger charge is 2.33. The second-order valence-electron chi connectivity index (χ2n) is 7.33. The van der Waals surface area contributed by atoms with Gasteiger partial charge in [0.2, 0.25) is 0 Å². The van der Waals surface area contributed by atoms with Gasteiger partial charge in [0.1, 0.15) is 5.60 Å². The summed E-state index contributed by atoms with van der Waals surface area (Å²) in [5.41, 5.74) is -0.392. The number of carbonyl (C=O) groups is 1. The van der Waals surface area contributed by atoms with E-state index in [1.807, 2.05) is 20.8 Å². The molecule has 1 aliphatic heterocycles. The summed E-state index contributed by atoms with van der Waals surface area (Å²) in [5.74, 6) is 0.983. The van der Waals surface area contributed by atoms with E-state index < -0.39 is 5.60 Å². The van der Waals surface area contributed by atoms with Crippen molar-refractivity contribution in [3.05, 3.63) is 0 Å². The van der Waals surface area contributed by atoms with Crippen LogP contribution in [0.15, 0.2) is 0 Å². The molecule has 1 heterocycles. The van der Waals surface area contributed by atoms with E-state index in [1.165, 1.54) is 38.5 Å². The van der Waals surface area contributed by atoms with Crippen molar-refractivity contribution in [2.24, 2.45) is 5.92 Å². The van der Waals surface area contributed by atoms with E-state index in [2.05, 4.69) is 5.32 Å². The van der Waals surface area contributed by atoms with Crippen LogP contribution in [0.25, 0.3) is 0 Å². The number of hydrogen-bond acceptors (Lipinski definition) is 3. The molecule has 1 saturated carbocycles. The van der Waals surface area contributed by atoms with Gasteiger partial charge < -0.3 is 15.0 Å². The molecule has 4 heteroatoms. The fraction of sp³-hybridized carbons (Fsp3) is 0.938. The Morgan fingerprint density at radius 1 is 1.25 bits per heavy atom. The summed E-state index contributed by atoms with van der Waals surface area (Å²) in [6, 6.07) is 0.464. The van der Waals surface area contributed by atoms with Gasteiger partial charge in [0.05, 0.1) is 0 Å². The summed E-state index contributed by atoms with van der Waals surface area (Å²) < 4.78 is 5.34. The first-order valence-electron chi connectivity index (χ1n) is 8.15. The molecular formula is C16H30N2O2. The van der Waals surface area contributed by atoms with Crippen molar-refractivity contribution in [3.63, 3.8) is 0 Å². The van der Waals surface area contributed by atoms with Crippen molar-refractivity contribution in [2.45, 2.75) is 70.9 Å². The Morgan fingerprint density at radius 3 is 2.50 bits per heavy atom. The lowest BCUT2D eigenvalue weighted by Gasteiger charge is -2.40. The third-order valence-electron chi connectivity index (χ3n) is 4.23. The van der Waals surface area contributed by atoms with Crippen LogP contribution in [0.3, 0.4) is 0 Å². The normalized spacial score (nSPS) is 21.1. The van der Waals surface area contributed by atoms with Gasteiger partial charge in [-0.1, -0.05) is 25.7 Å². The summed E-state index contributed by atoms with van der Waals surface area (Å²) in [6.45, 7) is 8.39. The molecule has 1 amide bonds. The lowest BCUT2D eigenvalue weighted by molar-refractivity contribution is 0.00534. The Morgan fingerprint density at radius 2 is 1.90 bits per heavy atom. The van der Waals surface area contributed by atoms with Gasteiger partial charge in [0, 0.05) is 19.1 Å². The van der Waals surface area contributed by atoms with Crippen LogP contribution in [-0.2, 0) is 4.74 Å². The van der Waals surface area contributed by atoms with E-state index in [4.69, 9.17) is 4.74 Å². The second-order valence-corrected chi connectivity index (χ2v) is 7.33. The van der Waals surface area contributed by atoms with E-state index in [-0.39, 0.29) is 6.09 Å². The van der Waals surface area contributed by atoms with Gasteiger partial charge in [-0.25, -0.2) is 4.79 Å². The van der Waals surface area contributed by atoms with Crippen LogP contribution in [0, 0.1) is 5.92 Å². The number of hydrogen-bond donors (Lipinski definition) is 1. The predicted octanol–water partition coefficient (Wildman–Crippen LogP) is 3.17. The number of nitrogens with one attached hydrogen (secondary N) is 1. The van der Waals surface area contributed by atoms with E-state index in [1.54, 1.807) is 4.90 Å². The standard InChI is InChI=1S/C16H30N2O2/c1-16(2,3)20-15(19)18-11-14(12-18)17-10-6-9-13-7-4-5-8-13/h13-14,17H,4-12H2,1-3H3. The van der Waals surface area contributed by atoms with E-state index in [0.717, 1.165) is 25.6 Å². The van der Waals surface area contributed by atoms with Crippen LogP contribution in [0.5, 0.6) is 0 Å². The smallest absolute Gasteiger partial charge is 0.410 e. The van der Waals surface area contributed by atoms with Gasteiger partial charge in [0.25, 0.3) is 0 Å². The molecule has 1 aliphatic carbocycles. The number of amides is 1. The molecule has 1 saturated heterocycles. The highest BCUT2D eigenvalue weighted by molar-refractivity contribution is 5.69. The first-order valence-corrected chi connectivity index (χ1v) is 8.15. The van der Waals surface area contributed by atoms with Crippen LogP contribution >= 0.6 is 0 Å².